The molecule has 5 nitrogen and oxygen atoms in total. The molecule has 19 heavy (non-hydrogen) atoms. The highest BCUT2D eigenvalue weighted by Crippen LogP contribution is 2.34. The molecule has 1 aliphatic carbocycles. The van der Waals surface area contributed by atoms with Crippen molar-refractivity contribution in [2.24, 2.45) is 0 Å². The first-order chi connectivity index (χ1) is 8.90. The molecule has 2 rings (SSSR count). The Labute approximate surface area is 113 Å². The Balaban J connectivity index is 2.34. The van der Waals surface area contributed by atoms with Crippen molar-refractivity contribution in [1.82, 2.24) is 4.72 Å². The average molecular weight is 285 g/mol. The lowest BCUT2D eigenvalue weighted by Crippen LogP contribution is -2.50. The van der Waals surface area contributed by atoms with Gasteiger partial charge in [0.25, 0.3) is 0 Å². The summed E-state index contributed by atoms with van der Waals surface area (Å²) in [5.41, 5.74) is 0.269. The molecule has 1 aromatic carbocycles. The summed E-state index contributed by atoms with van der Waals surface area (Å²) in [6.45, 7) is 1.75. The molecule has 0 radical (unpaired) electrons. The minimum atomic E-state index is -3.60. The van der Waals surface area contributed by atoms with Crippen LogP contribution in [-0.2, 0) is 16.6 Å². The van der Waals surface area contributed by atoms with Gasteiger partial charge in [-0.25, -0.2) is 13.1 Å². The smallest absolute Gasteiger partial charge is 0.244 e. The van der Waals surface area contributed by atoms with E-state index in [9.17, 15) is 8.42 Å². The van der Waals surface area contributed by atoms with Crippen LogP contribution in [0.5, 0.6) is 5.75 Å². The number of rotatable bonds is 5. The van der Waals surface area contributed by atoms with Crippen LogP contribution in [0.4, 0.5) is 0 Å². The van der Waals surface area contributed by atoms with Gasteiger partial charge >= 0.3 is 0 Å². The largest absolute Gasteiger partial charge is 0.495 e. The SMILES string of the molecule is COc1cc(CO)ccc1S(=O)(=O)NC1(C)CCC1. The maximum atomic E-state index is 12.4. The Morgan fingerprint density at radius 3 is 2.58 bits per heavy atom. The van der Waals surface area contributed by atoms with Crippen molar-refractivity contribution < 1.29 is 18.3 Å². The lowest BCUT2D eigenvalue weighted by Gasteiger charge is -2.38. The Morgan fingerprint density at radius 2 is 2.11 bits per heavy atom. The molecule has 2 N–H and O–H groups in total. The number of nitrogens with one attached hydrogen (secondary N) is 1. The molecule has 1 fully saturated rings. The van der Waals surface area contributed by atoms with E-state index in [0.717, 1.165) is 19.3 Å². The molecule has 1 aliphatic rings. The first kappa shape index (κ1) is 14.3. The van der Waals surface area contributed by atoms with E-state index in [2.05, 4.69) is 4.72 Å². The predicted octanol–water partition coefficient (Wildman–Crippen LogP) is 1.41. The fraction of sp³-hybridized carbons (Fsp3) is 0.538. The number of hydrogen-bond donors (Lipinski definition) is 2. The highest BCUT2D eigenvalue weighted by molar-refractivity contribution is 7.89. The van der Waals surface area contributed by atoms with Crippen molar-refractivity contribution in [3.8, 4) is 5.75 Å². The number of aliphatic hydroxyl groups excluding tert-OH is 1. The van der Waals surface area contributed by atoms with Gasteiger partial charge < -0.3 is 9.84 Å². The van der Waals surface area contributed by atoms with Crippen molar-refractivity contribution in [1.29, 1.82) is 0 Å². The molecule has 1 saturated carbocycles. The third kappa shape index (κ3) is 2.91. The average Bonchev–Trinajstić information content (AvgIpc) is 2.35. The van der Waals surface area contributed by atoms with Gasteiger partial charge in [0.05, 0.1) is 13.7 Å². The van der Waals surface area contributed by atoms with Gasteiger partial charge in [0.15, 0.2) is 0 Å². The van der Waals surface area contributed by atoms with E-state index in [-0.39, 0.29) is 22.8 Å². The van der Waals surface area contributed by atoms with Gasteiger partial charge in [-0.3, -0.25) is 0 Å². The highest BCUT2D eigenvalue weighted by atomic mass is 32.2. The molecule has 0 heterocycles. The summed E-state index contributed by atoms with van der Waals surface area (Å²) < 4.78 is 32.6. The first-order valence-corrected chi connectivity index (χ1v) is 7.70. The van der Waals surface area contributed by atoms with E-state index in [1.165, 1.54) is 19.2 Å². The van der Waals surface area contributed by atoms with Crippen LogP contribution in [0.15, 0.2) is 23.1 Å². The van der Waals surface area contributed by atoms with Crippen molar-refractivity contribution in [3.63, 3.8) is 0 Å². The molecular weight excluding hydrogens is 266 g/mol. The van der Waals surface area contributed by atoms with Crippen molar-refractivity contribution >= 4 is 10.0 Å². The van der Waals surface area contributed by atoms with Crippen molar-refractivity contribution in [2.75, 3.05) is 7.11 Å². The van der Waals surface area contributed by atoms with E-state index in [4.69, 9.17) is 9.84 Å². The Bertz CT molecular complexity index is 564. The lowest BCUT2D eigenvalue weighted by atomic mass is 9.80. The summed E-state index contributed by atoms with van der Waals surface area (Å²) in [7, 11) is -2.19. The molecule has 0 aromatic heterocycles. The zero-order valence-corrected chi connectivity index (χ0v) is 12.0. The van der Waals surface area contributed by atoms with Crippen LogP contribution < -0.4 is 9.46 Å². The van der Waals surface area contributed by atoms with E-state index < -0.39 is 10.0 Å². The second-order valence-corrected chi connectivity index (χ2v) is 6.81. The standard InChI is InChI=1S/C13H19NO4S/c1-13(6-3-7-13)14-19(16,17)12-5-4-10(9-15)8-11(12)18-2/h4-5,8,14-15H,3,6-7,9H2,1-2H3. The summed E-state index contributed by atoms with van der Waals surface area (Å²) in [6, 6.07) is 4.59. The summed E-state index contributed by atoms with van der Waals surface area (Å²) in [5.74, 6) is 0.252. The highest BCUT2D eigenvalue weighted by Gasteiger charge is 2.37. The topological polar surface area (TPSA) is 75.6 Å². The van der Waals surface area contributed by atoms with Gasteiger partial charge in [-0.05, 0) is 43.9 Å². The lowest BCUT2D eigenvalue weighted by molar-refractivity contribution is 0.247. The molecule has 1 aromatic rings. The zero-order valence-electron chi connectivity index (χ0n) is 11.1. The van der Waals surface area contributed by atoms with E-state index in [1.807, 2.05) is 6.92 Å². The Kier molecular flexibility index (Phi) is 3.85. The summed E-state index contributed by atoms with van der Waals surface area (Å²) >= 11 is 0. The minimum absolute atomic E-state index is 0.111. The third-order valence-corrected chi connectivity index (χ3v) is 5.22. The molecule has 0 unspecified atom stereocenters. The molecule has 0 atom stereocenters. The van der Waals surface area contributed by atoms with Crippen LogP contribution in [0, 0.1) is 0 Å². The fourth-order valence-corrected chi connectivity index (χ4v) is 3.84. The molecule has 6 heteroatoms. The van der Waals surface area contributed by atoms with Gasteiger partial charge in [-0.2, -0.15) is 0 Å². The van der Waals surface area contributed by atoms with Crippen LogP contribution in [-0.4, -0.2) is 26.2 Å². The van der Waals surface area contributed by atoms with Gasteiger partial charge in [0.1, 0.15) is 10.6 Å². The molecule has 106 valence electrons. The van der Waals surface area contributed by atoms with Crippen LogP contribution in [0.25, 0.3) is 0 Å². The molecular formula is C13H19NO4S. The van der Waals surface area contributed by atoms with Gasteiger partial charge in [0.2, 0.25) is 10.0 Å². The maximum Gasteiger partial charge on any atom is 0.244 e. The number of benzene rings is 1. The molecule has 0 spiro atoms. The number of hydrogen-bond acceptors (Lipinski definition) is 4. The molecule has 0 bridgehead atoms. The second-order valence-electron chi connectivity index (χ2n) is 5.16. The maximum absolute atomic E-state index is 12.4. The number of ether oxygens (including phenoxy) is 1. The van der Waals surface area contributed by atoms with Crippen molar-refractivity contribution in [3.05, 3.63) is 23.8 Å². The van der Waals surface area contributed by atoms with Gasteiger partial charge in [0, 0.05) is 5.54 Å². The summed E-state index contributed by atoms with van der Waals surface area (Å²) in [5, 5.41) is 9.06. The molecule has 0 aliphatic heterocycles. The summed E-state index contributed by atoms with van der Waals surface area (Å²) in [6.07, 6.45) is 2.74. The van der Waals surface area contributed by atoms with Gasteiger partial charge in [-0.15, -0.1) is 0 Å². The molecule has 0 amide bonds. The number of aliphatic hydroxyl groups is 1. The first-order valence-electron chi connectivity index (χ1n) is 6.22. The van der Waals surface area contributed by atoms with Crippen LogP contribution in [0.1, 0.15) is 31.7 Å². The monoisotopic (exact) mass is 285 g/mol. The number of sulfonamides is 1. The van der Waals surface area contributed by atoms with E-state index in [1.54, 1.807) is 6.07 Å². The number of methoxy groups -OCH3 is 1. The normalized spacial score (nSPS) is 17.8. The third-order valence-electron chi connectivity index (χ3n) is 3.54. The second kappa shape index (κ2) is 5.11. The predicted molar refractivity (Wildman–Crippen MR) is 71.5 cm³/mol. The Morgan fingerprint density at radius 1 is 1.42 bits per heavy atom. The van der Waals surface area contributed by atoms with E-state index >= 15 is 0 Å². The van der Waals surface area contributed by atoms with E-state index in [0.29, 0.717) is 5.56 Å². The quantitative estimate of drug-likeness (QED) is 0.857. The molecule has 0 saturated heterocycles. The minimum Gasteiger partial charge on any atom is -0.495 e. The van der Waals surface area contributed by atoms with Gasteiger partial charge in [-0.1, -0.05) is 6.07 Å². The Hall–Kier alpha value is -1.11. The van der Waals surface area contributed by atoms with Crippen LogP contribution in [0.2, 0.25) is 0 Å². The van der Waals surface area contributed by atoms with Crippen LogP contribution >= 0.6 is 0 Å². The zero-order chi connectivity index (χ0) is 14.1. The van der Waals surface area contributed by atoms with Crippen LogP contribution in [0.3, 0.4) is 0 Å². The summed E-state index contributed by atoms with van der Waals surface area (Å²) in [4.78, 5) is 0.111. The van der Waals surface area contributed by atoms with Crippen molar-refractivity contribution in [2.45, 2.75) is 43.2 Å². The fourth-order valence-electron chi connectivity index (χ4n) is 2.22.